The number of esters is 1. The quantitative estimate of drug-likeness (QED) is 0.529. The number of carbonyl (C=O) groups excluding carboxylic acids is 2. The van der Waals surface area contributed by atoms with Gasteiger partial charge in [0.25, 0.3) is 5.91 Å². The highest BCUT2D eigenvalue weighted by atomic mass is 16.5. The van der Waals surface area contributed by atoms with Crippen molar-refractivity contribution in [3.8, 4) is 0 Å². The smallest absolute Gasteiger partial charge is 0.351 e. The van der Waals surface area contributed by atoms with E-state index in [4.69, 9.17) is 15.2 Å². The van der Waals surface area contributed by atoms with Crippen molar-refractivity contribution < 1.29 is 19.1 Å². The van der Waals surface area contributed by atoms with Crippen LogP contribution in [0, 0.1) is 0 Å². The number of nitrogens with zero attached hydrogens (tertiary/aromatic N) is 2. The first-order chi connectivity index (χ1) is 8.59. The van der Waals surface area contributed by atoms with E-state index in [-0.39, 0.29) is 12.5 Å². The molecule has 0 aromatic carbocycles. The number of hydrogen-bond donors (Lipinski definition) is 1. The van der Waals surface area contributed by atoms with Gasteiger partial charge in [-0.25, -0.2) is 9.80 Å². The molecule has 0 bridgehead atoms. The van der Waals surface area contributed by atoms with Crippen molar-refractivity contribution in [1.29, 1.82) is 0 Å². The Kier molecular flexibility index (Phi) is 3.63. The number of rotatable bonds is 3. The Morgan fingerprint density at radius 2 is 2.56 bits per heavy atom. The fourth-order valence-corrected chi connectivity index (χ4v) is 2.36. The Morgan fingerprint density at radius 1 is 1.78 bits per heavy atom. The predicted molar refractivity (Wildman–Crippen MR) is 62.7 cm³/mol. The van der Waals surface area contributed by atoms with Crippen molar-refractivity contribution in [2.45, 2.75) is 31.3 Å². The molecule has 0 aromatic rings. The lowest BCUT2D eigenvalue weighted by molar-refractivity contribution is -0.134. The molecule has 7 heteroatoms. The van der Waals surface area contributed by atoms with Gasteiger partial charge < -0.3 is 15.2 Å². The Hall–Kier alpha value is -1.47. The van der Waals surface area contributed by atoms with E-state index in [0.717, 1.165) is 6.21 Å². The third-order valence-electron chi connectivity index (χ3n) is 3.22. The SMILES string of the molecule is CCOC(=O)/C=N\N1C(=O)C(N)CC12CCOC2. The van der Waals surface area contributed by atoms with Crippen LogP contribution in [0.25, 0.3) is 0 Å². The average Bonchev–Trinajstić information content (AvgIpc) is 2.86. The van der Waals surface area contributed by atoms with Crippen LogP contribution >= 0.6 is 0 Å². The largest absolute Gasteiger partial charge is 0.462 e. The van der Waals surface area contributed by atoms with Crippen molar-refractivity contribution in [3.05, 3.63) is 0 Å². The normalized spacial score (nSPS) is 31.8. The minimum absolute atomic E-state index is 0.270. The van der Waals surface area contributed by atoms with Gasteiger partial charge in [-0.2, -0.15) is 5.10 Å². The molecular weight excluding hydrogens is 238 g/mol. The fourth-order valence-electron chi connectivity index (χ4n) is 2.36. The second-order valence-electron chi connectivity index (χ2n) is 4.48. The molecule has 2 N–H and O–H groups in total. The Labute approximate surface area is 105 Å². The van der Waals surface area contributed by atoms with Gasteiger partial charge in [-0.15, -0.1) is 0 Å². The van der Waals surface area contributed by atoms with Crippen LogP contribution in [0.2, 0.25) is 0 Å². The van der Waals surface area contributed by atoms with Crippen LogP contribution in [0.3, 0.4) is 0 Å². The molecule has 2 atom stereocenters. The Morgan fingerprint density at radius 3 is 3.17 bits per heavy atom. The topological polar surface area (TPSA) is 94.2 Å². The highest BCUT2D eigenvalue weighted by molar-refractivity contribution is 6.23. The number of hydrazone groups is 1. The maximum absolute atomic E-state index is 11.9. The zero-order valence-corrected chi connectivity index (χ0v) is 10.3. The second kappa shape index (κ2) is 5.03. The first-order valence-corrected chi connectivity index (χ1v) is 5.97. The lowest BCUT2D eigenvalue weighted by Gasteiger charge is -2.28. The van der Waals surface area contributed by atoms with E-state index in [0.29, 0.717) is 26.1 Å². The van der Waals surface area contributed by atoms with Gasteiger partial charge in [0.2, 0.25) is 0 Å². The summed E-state index contributed by atoms with van der Waals surface area (Å²) in [6.07, 6.45) is 2.21. The lowest BCUT2D eigenvalue weighted by Crippen LogP contribution is -2.43. The standard InChI is InChI=1S/C11H17N3O4/c1-2-18-9(15)6-13-14-10(16)8(12)5-11(14)3-4-17-7-11/h6,8H,2-5,7,12H2,1H3/b13-6-. The fraction of sp³-hybridized carbons (Fsp3) is 0.727. The molecule has 2 aliphatic rings. The van der Waals surface area contributed by atoms with E-state index in [1.54, 1.807) is 6.92 Å². The van der Waals surface area contributed by atoms with Crippen LogP contribution in [-0.4, -0.2) is 54.5 Å². The van der Waals surface area contributed by atoms with Gasteiger partial charge >= 0.3 is 5.97 Å². The minimum Gasteiger partial charge on any atom is -0.462 e. The van der Waals surface area contributed by atoms with E-state index < -0.39 is 17.6 Å². The number of carbonyl (C=O) groups is 2. The van der Waals surface area contributed by atoms with Gasteiger partial charge in [-0.05, 0) is 19.8 Å². The van der Waals surface area contributed by atoms with E-state index in [1.165, 1.54) is 5.01 Å². The van der Waals surface area contributed by atoms with Gasteiger partial charge in [-0.1, -0.05) is 0 Å². The van der Waals surface area contributed by atoms with Crippen LogP contribution < -0.4 is 5.73 Å². The summed E-state index contributed by atoms with van der Waals surface area (Å²) < 4.78 is 10.1. The lowest BCUT2D eigenvalue weighted by atomic mass is 9.95. The summed E-state index contributed by atoms with van der Waals surface area (Å²) in [5, 5.41) is 5.23. The molecule has 100 valence electrons. The molecule has 2 fully saturated rings. The molecule has 0 aromatic heterocycles. The van der Waals surface area contributed by atoms with Crippen LogP contribution in [0.15, 0.2) is 5.10 Å². The van der Waals surface area contributed by atoms with E-state index in [9.17, 15) is 9.59 Å². The first-order valence-electron chi connectivity index (χ1n) is 5.97. The molecule has 7 nitrogen and oxygen atoms in total. The number of ether oxygens (including phenoxy) is 2. The zero-order chi connectivity index (χ0) is 13.2. The molecule has 0 saturated carbocycles. The van der Waals surface area contributed by atoms with Gasteiger partial charge in [-0.3, -0.25) is 4.79 Å². The summed E-state index contributed by atoms with van der Waals surface area (Å²) >= 11 is 0. The number of amides is 1. The van der Waals surface area contributed by atoms with Crippen LogP contribution in [-0.2, 0) is 19.1 Å². The Balaban J connectivity index is 2.13. The van der Waals surface area contributed by atoms with Crippen LogP contribution in [0.5, 0.6) is 0 Å². The summed E-state index contributed by atoms with van der Waals surface area (Å²) in [6, 6.07) is -0.578. The number of hydrogen-bond acceptors (Lipinski definition) is 6. The molecule has 2 saturated heterocycles. The predicted octanol–water partition coefficient (Wildman–Crippen LogP) is -0.746. The molecule has 2 aliphatic heterocycles. The van der Waals surface area contributed by atoms with E-state index in [2.05, 4.69) is 5.10 Å². The Bertz CT molecular complexity index is 376. The summed E-state index contributed by atoms with van der Waals surface area (Å²) in [6.45, 7) is 2.96. The van der Waals surface area contributed by atoms with Crippen LogP contribution in [0.4, 0.5) is 0 Å². The summed E-state index contributed by atoms with van der Waals surface area (Å²) in [5.74, 6) is -0.846. The molecule has 1 amide bonds. The molecule has 0 radical (unpaired) electrons. The molecule has 2 unspecified atom stereocenters. The molecule has 18 heavy (non-hydrogen) atoms. The molecule has 0 aliphatic carbocycles. The van der Waals surface area contributed by atoms with Gasteiger partial charge in [0.1, 0.15) is 6.21 Å². The van der Waals surface area contributed by atoms with Crippen molar-refractivity contribution >= 4 is 18.1 Å². The van der Waals surface area contributed by atoms with Crippen molar-refractivity contribution in [2.75, 3.05) is 19.8 Å². The average molecular weight is 255 g/mol. The third-order valence-corrected chi connectivity index (χ3v) is 3.22. The van der Waals surface area contributed by atoms with E-state index >= 15 is 0 Å². The van der Waals surface area contributed by atoms with Crippen molar-refractivity contribution in [3.63, 3.8) is 0 Å². The second-order valence-corrected chi connectivity index (χ2v) is 4.48. The molecule has 2 rings (SSSR count). The van der Waals surface area contributed by atoms with Gasteiger partial charge in [0.15, 0.2) is 0 Å². The highest BCUT2D eigenvalue weighted by Crippen LogP contribution is 2.36. The van der Waals surface area contributed by atoms with Crippen molar-refractivity contribution in [1.82, 2.24) is 5.01 Å². The summed E-state index contributed by atoms with van der Waals surface area (Å²) in [5.41, 5.74) is 5.26. The molecular formula is C11H17N3O4. The zero-order valence-electron chi connectivity index (χ0n) is 10.3. The van der Waals surface area contributed by atoms with E-state index in [1.807, 2.05) is 0 Å². The third kappa shape index (κ3) is 2.23. The molecule has 2 heterocycles. The minimum atomic E-state index is -0.578. The monoisotopic (exact) mass is 255 g/mol. The van der Waals surface area contributed by atoms with Crippen LogP contribution in [0.1, 0.15) is 19.8 Å². The molecule has 1 spiro atoms. The maximum Gasteiger partial charge on any atom is 0.351 e. The summed E-state index contributed by atoms with van der Waals surface area (Å²) in [4.78, 5) is 23.1. The number of nitrogens with two attached hydrogens (primary N) is 1. The highest BCUT2D eigenvalue weighted by Gasteiger charge is 2.52. The van der Waals surface area contributed by atoms with Crippen molar-refractivity contribution in [2.24, 2.45) is 10.8 Å². The van der Waals surface area contributed by atoms with Gasteiger partial charge in [0, 0.05) is 6.61 Å². The summed E-state index contributed by atoms with van der Waals surface area (Å²) in [7, 11) is 0. The van der Waals surface area contributed by atoms with Gasteiger partial charge in [0.05, 0.1) is 24.8 Å². The maximum atomic E-state index is 11.9. The first kappa shape index (κ1) is 13.0.